The Morgan fingerprint density at radius 2 is 0.842 bits per heavy atom. The van der Waals surface area contributed by atoms with Crippen molar-refractivity contribution in [3.05, 3.63) is 188 Å². The first-order chi connectivity index (χ1) is 28.3. The second-order valence-corrected chi connectivity index (χ2v) is 14.4. The summed E-state index contributed by atoms with van der Waals surface area (Å²) < 4.78 is 11.2. The van der Waals surface area contributed by atoms with E-state index in [0.29, 0.717) is 17.5 Å². The van der Waals surface area contributed by atoms with Crippen molar-refractivity contribution >= 4 is 65.6 Å². The largest absolute Gasteiger partial charge is 0.455 e. The predicted octanol–water partition coefficient (Wildman–Crippen LogP) is 13.0. The van der Waals surface area contributed by atoms with E-state index >= 15 is 0 Å². The minimum Gasteiger partial charge on any atom is -0.455 e. The summed E-state index contributed by atoms with van der Waals surface area (Å²) in [6.45, 7) is 0. The standard InChI is InChI=1S/C51H31N5O/c1-2-14-32(15-3-1)49-52-50(54-51(53-49)41-23-13-22-40-39-21-7-11-27-47(39)57-48(40)41)33-16-12-17-34(30-33)55-45-26-10-6-20-38(45)42-31-35(28-29-46(42)55)56-43-24-8-4-18-36(43)37-19-5-9-25-44(37)56/h1-31H. The van der Waals surface area contributed by atoms with Crippen molar-refractivity contribution in [2.45, 2.75) is 0 Å². The summed E-state index contributed by atoms with van der Waals surface area (Å²) in [7, 11) is 0. The van der Waals surface area contributed by atoms with Gasteiger partial charge in [0.1, 0.15) is 11.2 Å². The molecular weight excluding hydrogens is 699 g/mol. The number of rotatable bonds is 5. The molecule has 12 rings (SSSR count). The lowest BCUT2D eigenvalue weighted by Gasteiger charge is -2.12. The molecule has 6 heteroatoms. The Balaban J connectivity index is 1.04. The number of nitrogens with zero attached hydrogens (tertiary/aromatic N) is 5. The maximum atomic E-state index is 6.45. The summed E-state index contributed by atoms with van der Waals surface area (Å²) in [5.74, 6) is 1.75. The van der Waals surface area contributed by atoms with Crippen LogP contribution in [-0.4, -0.2) is 24.1 Å². The number of para-hydroxylation sites is 5. The van der Waals surface area contributed by atoms with Crippen molar-refractivity contribution in [1.29, 1.82) is 0 Å². The van der Waals surface area contributed by atoms with E-state index in [4.69, 9.17) is 19.4 Å². The molecule has 0 aliphatic carbocycles. The molecule has 0 saturated heterocycles. The Labute approximate surface area is 326 Å². The van der Waals surface area contributed by atoms with Gasteiger partial charge in [0, 0.05) is 54.8 Å². The number of hydrogen-bond acceptors (Lipinski definition) is 4. The van der Waals surface area contributed by atoms with Crippen molar-refractivity contribution in [3.8, 4) is 45.5 Å². The van der Waals surface area contributed by atoms with Crippen molar-refractivity contribution in [2.24, 2.45) is 0 Å². The first-order valence-electron chi connectivity index (χ1n) is 19.1. The van der Waals surface area contributed by atoms with Crippen LogP contribution in [0, 0.1) is 0 Å². The lowest BCUT2D eigenvalue weighted by atomic mass is 10.1. The van der Waals surface area contributed by atoms with Crippen LogP contribution >= 0.6 is 0 Å². The predicted molar refractivity (Wildman–Crippen MR) is 232 cm³/mol. The van der Waals surface area contributed by atoms with Gasteiger partial charge in [-0.1, -0.05) is 127 Å². The molecule has 0 radical (unpaired) electrons. The first kappa shape index (κ1) is 31.5. The van der Waals surface area contributed by atoms with Gasteiger partial charge in [0.05, 0.1) is 27.6 Å². The molecule has 0 aliphatic rings. The van der Waals surface area contributed by atoms with Gasteiger partial charge < -0.3 is 13.6 Å². The lowest BCUT2D eigenvalue weighted by molar-refractivity contribution is 0.669. The average molecular weight is 730 g/mol. The molecule has 266 valence electrons. The molecular formula is C51H31N5O. The summed E-state index contributed by atoms with van der Waals surface area (Å²) >= 11 is 0. The zero-order valence-corrected chi connectivity index (χ0v) is 30.5. The van der Waals surface area contributed by atoms with Crippen LogP contribution in [0.5, 0.6) is 0 Å². The molecule has 0 N–H and O–H groups in total. The van der Waals surface area contributed by atoms with Crippen molar-refractivity contribution in [1.82, 2.24) is 24.1 Å². The third-order valence-electron chi connectivity index (χ3n) is 11.2. The maximum absolute atomic E-state index is 6.45. The Bertz CT molecular complexity index is 3490. The van der Waals surface area contributed by atoms with E-state index in [0.717, 1.165) is 61.0 Å². The number of furan rings is 1. The highest BCUT2D eigenvalue weighted by molar-refractivity contribution is 6.12. The Morgan fingerprint density at radius 3 is 1.56 bits per heavy atom. The van der Waals surface area contributed by atoms with Crippen molar-refractivity contribution in [2.75, 3.05) is 0 Å². The molecule has 0 aliphatic heterocycles. The minimum absolute atomic E-state index is 0.559. The third kappa shape index (κ3) is 4.87. The first-order valence-corrected chi connectivity index (χ1v) is 19.1. The van der Waals surface area contributed by atoms with E-state index in [-0.39, 0.29) is 0 Å². The summed E-state index contributed by atoms with van der Waals surface area (Å²) in [5, 5.41) is 6.96. The number of fused-ring (bicyclic) bond motifs is 9. The van der Waals surface area contributed by atoms with E-state index < -0.39 is 0 Å². The van der Waals surface area contributed by atoms with Crippen LogP contribution in [0.4, 0.5) is 0 Å². The van der Waals surface area contributed by atoms with Crippen LogP contribution < -0.4 is 0 Å². The Hall–Kier alpha value is -7.83. The molecule has 0 bridgehead atoms. The van der Waals surface area contributed by atoms with Crippen LogP contribution in [-0.2, 0) is 0 Å². The Morgan fingerprint density at radius 1 is 0.333 bits per heavy atom. The molecule has 57 heavy (non-hydrogen) atoms. The summed E-state index contributed by atoms with van der Waals surface area (Å²) in [6.07, 6.45) is 0. The molecule has 0 unspecified atom stereocenters. The molecule has 4 heterocycles. The van der Waals surface area contributed by atoms with Gasteiger partial charge in [-0.3, -0.25) is 0 Å². The fourth-order valence-corrected chi connectivity index (χ4v) is 8.63. The summed E-state index contributed by atoms with van der Waals surface area (Å²) in [6, 6.07) is 65.7. The van der Waals surface area contributed by atoms with Crippen molar-refractivity contribution in [3.63, 3.8) is 0 Å². The fraction of sp³-hybridized carbons (Fsp3) is 0. The van der Waals surface area contributed by atoms with E-state index in [1.807, 2.05) is 60.7 Å². The van der Waals surface area contributed by atoms with Gasteiger partial charge in [-0.05, 0) is 60.7 Å². The molecule has 6 nitrogen and oxygen atoms in total. The second-order valence-electron chi connectivity index (χ2n) is 14.4. The second kappa shape index (κ2) is 12.3. The van der Waals surface area contributed by atoms with Crippen molar-refractivity contribution < 1.29 is 4.42 Å². The molecule has 12 aromatic rings. The quantitative estimate of drug-likeness (QED) is 0.177. The van der Waals surface area contributed by atoms with Gasteiger partial charge in [-0.15, -0.1) is 0 Å². The van der Waals surface area contributed by atoms with Gasteiger partial charge in [-0.25, -0.2) is 15.0 Å². The fourth-order valence-electron chi connectivity index (χ4n) is 8.63. The van der Waals surface area contributed by atoms with Crippen LogP contribution in [0.2, 0.25) is 0 Å². The van der Waals surface area contributed by atoms with Crippen LogP contribution in [0.3, 0.4) is 0 Å². The van der Waals surface area contributed by atoms with Gasteiger partial charge in [-0.2, -0.15) is 0 Å². The van der Waals surface area contributed by atoms with E-state index in [1.165, 1.54) is 32.6 Å². The lowest BCUT2D eigenvalue weighted by Crippen LogP contribution is -2.01. The Kier molecular flexibility index (Phi) is 6.83. The highest BCUT2D eigenvalue weighted by atomic mass is 16.3. The monoisotopic (exact) mass is 729 g/mol. The van der Waals surface area contributed by atoms with Crippen LogP contribution in [0.25, 0.3) is 111 Å². The normalized spacial score (nSPS) is 11.9. The van der Waals surface area contributed by atoms with E-state index in [1.54, 1.807) is 0 Å². The molecule has 0 spiro atoms. The highest BCUT2D eigenvalue weighted by Crippen LogP contribution is 2.39. The third-order valence-corrected chi connectivity index (χ3v) is 11.2. The zero-order valence-electron chi connectivity index (χ0n) is 30.5. The summed E-state index contributed by atoms with van der Waals surface area (Å²) in [5.41, 5.74) is 11.0. The molecule has 0 atom stereocenters. The molecule has 0 amide bonds. The van der Waals surface area contributed by atoms with Crippen LogP contribution in [0.15, 0.2) is 192 Å². The summed E-state index contributed by atoms with van der Waals surface area (Å²) in [4.78, 5) is 15.3. The molecule has 0 fully saturated rings. The van der Waals surface area contributed by atoms with Gasteiger partial charge in [0.2, 0.25) is 0 Å². The van der Waals surface area contributed by atoms with E-state index in [2.05, 4.69) is 137 Å². The molecule has 8 aromatic carbocycles. The SMILES string of the molecule is c1ccc(-c2nc(-c3cccc(-n4c5ccccc5c5cc(-n6c7ccccc7c7ccccc76)ccc54)c3)nc(-c3cccc4c3oc3ccccc34)n2)cc1. The minimum atomic E-state index is 0.559. The van der Waals surface area contributed by atoms with Gasteiger partial charge in [0.15, 0.2) is 17.5 Å². The number of benzene rings is 8. The smallest absolute Gasteiger partial charge is 0.167 e. The zero-order chi connectivity index (χ0) is 37.5. The van der Waals surface area contributed by atoms with Gasteiger partial charge >= 0.3 is 0 Å². The number of aromatic nitrogens is 5. The number of hydrogen-bond donors (Lipinski definition) is 0. The maximum Gasteiger partial charge on any atom is 0.167 e. The molecule has 4 aromatic heterocycles. The average Bonchev–Trinajstić information content (AvgIpc) is 3.94. The topological polar surface area (TPSA) is 61.7 Å². The van der Waals surface area contributed by atoms with Gasteiger partial charge in [0.25, 0.3) is 0 Å². The molecule has 0 saturated carbocycles. The van der Waals surface area contributed by atoms with E-state index in [9.17, 15) is 0 Å². The van der Waals surface area contributed by atoms with Crippen LogP contribution in [0.1, 0.15) is 0 Å². The highest BCUT2D eigenvalue weighted by Gasteiger charge is 2.20.